The van der Waals surface area contributed by atoms with E-state index in [1.54, 1.807) is 24.8 Å². The van der Waals surface area contributed by atoms with Gasteiger partial charge in [0.15, 0.2) is 0 Å². The van der Waals surface area contributed by atoms with Crippen LogP contribution in [0.25, 0.3) is 68.6 Å². The summed E-state index contributed by atoms with van der Waals surface area (Å²) in [7, 11) is 0. The average molecular weight is 465 g/mol. The molecule has 5 aromatic rings. The number of fused-ring (bicyclic) bond motifs is 8. The van der Waals surface area contributed by atoms with Crippen LogP contribution in [-0.2, 0) is 0 Å². The van der Waals surface area contributed by atoms with Gasteiger partial charge in [0.1, 0.15) is 0 Å². The molecule has 2 N–H and O–H groups in total. The first-order valence-electron chi connectivity index (χ1n) is 11.7. The molecule has 0 atom stereocenters. The Morgan fingerprint density at radius 2 is 0.944 bits per heavy atom. The van der Waals surface area contributed by atoms with Gasteiger partial charge in [0.2, 0.25) is 0 Å². The predicted octanol–water partition coefficient (Wildman–Crippen LogP) is 6.78. The largest absolute Gasteiger partial charge is 0.355 e. The lowest BCUT2D eigenvalue weighted by Crippen LogP contribution is -1.86. The number of nitrogens with zero attached hydrogens (tertiary/aromatic N) is 4. The molecule has 6 nitrogen and oxygen atoms in total. The minimum absolute atomic E-state index is 0.860. The molecular weight excluding hydrogens is 444 g/mol. The topological polar surface area (TPSA) is 83.1 Å². The Morgan fingerprint density at radius 3 is 1.42 bits per heavy atom. The maximum absolute atomic E-state index is 4.95. The molecule has 0 radical (unpaired) electrons. The highest BCUT2D eigenvalue weighted by Gasteiger charge is 2.13. The van der Waals surface area contributed by atoms with Gasteiger partial charge in [-0.15, -0.1) is 0 Å². The fourth-order valence-electron chi connectivity index (χ4n) is 4.72. The van der Waals surface area contributed by atoms with Crippen LogP contribution in [0.4, 0.5) is 0 Å². The second kappa shape index (κ2) is 8.29. The Labute approximate surface area is 206 Å². The standard InChI is InChI=1S/C30H20N6/c1-5-25-29(19-9-13-31-14-10-19)26-7-3-23(35-26)18-24-4-8-28(36-24)30(20-11-15-32-16-12-20)27-6-2-22(34-27)17-21(1)33-25/h1-18,33-34H. The fourth-order valence-corrected chi connectivity index (χ4v) is 4.72. The van der Waals surface area contributed by atoms with Crippen molar-refractivity contribution < 1.29 is 0 Å². The molecular formula is C30H20N6. The molecule has 0 saturated heterocycles. The van der Waals surface area contributed by atoms with Gasteiger partial charge in [-0.05, 0) is 96.1 Å². The monoisotopic (exact) mass is 464 g/mol. The van der Waals surface area contributed by atoms with E-state index in [4.69, 9.17) is 9.97 Å². The van der Waals surface area contributed by atoms with Gasteiger partial charge in [-0.1, -0.05) is 0 Å². The van der Waals surface area contributed by atoms with Gasteiger partial charge in [0, 0.05) is 58.0 Å². The maximum atomic E-state index is 4.95. The minimum atomic E-state index is 0.860. The summed E-state index contributed by atoms with van der Waals surface area (Å²) in [4.78, 5) is 25.4. The molecule has 170 valence electrons. The van der Waals surface area contributed by atoms with Crippen molar-refractivity contribution in [3.05, 3.63) is 108 Å². The highest BCUT2D eigenvalue weighted by atomic mass is 14.8. The quantitative estimate of drug-likeness (QED) is 0.295. The second-order valence-corrected chi connectivity index (χ2v) is 8.68. The fraction of sp³-hybridized carbons (Fsp3) is 0. The zero-order chi connectivity index (χ0) is 23.9. The van der Waals surface area contributed by atoms with Crippen LogP contribution >= 0.6 is 0 Å². The molecule has 7 rings (SSSR count). The molecule has 0 aromatic carbocycles. The summed E-state index contributed by atoms with van der Waals surface area (Å²) in [6, 6.07) is 20.5. The molecule has 0 saturated carbocycles. The molecule has 36 heavy (non-hydrogen) atoms. The van der Waals surface area contributed by atoms with E-state index < -0.39 is 0 Å². The second-order valence-electron chi connectivity index (χ2n) is 8.68. The third-order valence-electron chi connectivity index (χ3n) is 6.34. The van der Waals surface area contributed by atoms with Crippen molar-refractivity contribution in [2.45, 2.75) is 0 Å². The molecule has 0 unspecified atom stereocenters. The molecule has 6 heteroatoms. The van der Waals surface area contributed by atoms with Crippen LogP contribution in [-0.4, -0.2) is 29.9 Å². The number of hydrogen-bond donors (Lipinski definition) is 2. The number of aromatic amines is 2. The Morgan fingerprint density at radius 1 is 0.472 bits per heavy atom. The molecule has 2 aliphatic heterocycles. The van der Waals surface area contributed by atoms with Gasteiger partial charge < -0.3 is 9.97 Å². The molecule has 8 bridgehead atoms. The van der Waals surface area contributed by atoms with Gasteiger partial charge in [0.25, 0.3) is 0 Å². The van der Waals surface area contributed by atoms with Crippen LogP contribution in [0.15, 0.2) is 85.5 Å². The lowest BCUT2D eigenvalue weighted by atomic mass is 10.1. The molecule has 0 fully saturated rings. The van der Waals surface area contributed by atoms with Gasteiger partial charge in [0.05, 0.1) is 22.8 Å². The Kier molecular flexibility index (Phi) is 4.67. The van der Waals surface area contributed by atoms with Crippen LogP contribution < -0.4 is 0 Å². The number of H-pyrrole nitrogens is 2. The number of pyridine rings is 2. The molecule has 2 aliphatic rings. The van der Waals surface area contributed by atoms with E-state index in [0.717, 1.165) is 67.1 Å². The minimum Gasteiger partial charge on any atom is -0.355 e. The highest BCUT2D eigenvalue weighted by Crippen LogP contribution is 2.31. The van der Waals surface area contributed by atoms with Crippen molar-refractivity contribution in [3.63, 3.8) is 0 Å². The van der Waals surface area contributed by atoms with Gasteiger partial charge in [-0.2, -0.15) is 0 Å². The van der Waals surface area contributed by atoms with E-state index in [1.165, 1.54) is 0 Å². The van der Waals surface area contributed by atoms with Crippen molar-refractivity contribution in [2.24, 2.45) is 0 Å². The first-order chi connectivity index (χ1) is 17.8. The number of hydrogen-bond acceptors (Lipinski definition) is 4. The van der Waals surface area contributed by atoms with Gasteiger partial charge in [-0.25, -0.2) is 9.97 Å². The van der Waals surface area contributed by atoms with E-state index in [0.29, 0.717) is 0 Å². The number of nitrogens with one attached hydrogen (secondary N) is 2. The lowest BCUT2D eigenvalue weighted by Gasteiger charge is -2.03. The zero-order valence-corrected chi connectivity index (χ0v) is 19.2. The molecule has 5 aromatic heterocycles. The highest BCUT2D eigenvalue weighted by molar-refractivity contribution is 5.93. The van der Waals surface area contributed by atoms with Crippen LogP contribution in [0.1, 0.15) is 22.8 Å². The molecule has 0 spiro atoms. The summed E-state index contributed by atoms with van der Waals surface area (Å²) < 4.78 is 0. The predicted molar refractivity (Wildman–Crippen MR) is 145 cm³/mol. The Balaban J connectivity index is 1.58. The summed E-state index contributed by atoms with van der Waals surface area (Å²) in [5.41, 5.74) is 11.6. The Bertz CT molecular complexity index is 1690. The summed E-state index contributed by atoms with van der Waals surface area (Å²) in [6.07, 6.45) is 15.4. The molecule has 0 aliphatic carbocycles. The maximum Gasteiger partial charge on any atom is 0.0737 e. The zero-order valence-electron chi connectivity index (χ0n) is 19.2. The van der Waals surface area contributed by atoms with E-state index in [2.05, 4.69) is 62.4 Å². The van der Waals surface area contributed by atoms with Crippen LogP contribution in [0, 0.1) is 0 Å². The third-order valence-corrected chi connectivity index (χ3v) is 6.34. The van der Waals surface area contributed by atoms with Crippen molar-refractivity contribution in [3.8, 4) is 22.3 Å². The van der Waals surface area contributed by atoms with Gasteiger partial charge in [-0.3, -0.25) is 9.97 Å². The summed E-state index contributed by atoms with van der Waals surface area (Å²) in [5, 5.41) is 0. The van der Waals surface area contributed by atoms with E-state index in [9.17, 15) is 0 Å². The number of rotatable bonds is 2. The normalized spacial score (nSPS) is 12.2. The van der Waals surface area contributed by atoms with Crippen LogP contribution in [0.2, 0.25) is 0 Å². The SMILES string of the molecule is C1=Cc2nc1cc1nc(c(-c3ccncc3)c3ccc(cc4ccc([nH]4)c2-c2ccncc2)[nH]3)C=C1. The smallest absolute Gasteiger partial charge is 0.0737 e. The van der Waals surface area contributed by atoms with Crippen molar-refractivity contribution in [1.82, 2.24) is 29.9 Å². The van der Waals surface area contributed by atoms with Crippen molar-refractivity contribution in [2.75, 3.05) is 0 Å². The third kappa shape index (κ3) is 3.61. The average Bonchev–Trinajstić information content (AvgIpc) is 3.72. The van der Waals surface area contributed by atoms with Crippen LogP contribution in [0.3, 0.4) is 0 Å². The van der Waals surface area contributed by atoms with E-state index in [-0.39, 0.29) is 0 Å². The first-order valence-corrected chi connectivity index (χ1v) is 11.7. The summed E-state index contributed by atoms with van der Waals surface area (Å²) in [6.45, 7) is 0. The number of aromatic nitrogens is 6. The molecule has 0 amide bonds. The molecule has 7 heterocycles. The first kappa shape index (κ1) is 20.3. The van der Waals surface area contributed by atoms with E-state index >= 15 is 0 Å². The van der Waals surface area contributed by atoms with Crippen molar-refractivity contribution >= 4 is 46.4 Å². The Hall–Kier alpha value is -5.10. The van der Waals surface area contributed by atoms with Crippen molar-refractivity contribution in [1.29, 1.82) is 0 Å². The summed E-state index contributed by atoms with van der Waals surface area (Å²) in [5.74, 6) is 0. The summed E-state index contributed by atoms with van der Waals surface area (Å²) >= 11 is 0. The van der Waals surface area contributed by atoms with E-state index in [1.807, 2.05) is 42.5 Å². The lowest BCUT2D eigenvalue weighted by molar-refractivity contribution is 1.27. The van der Waals surface area contributed by atoms with Crippen LogP contribution in [0.5, 0.6) is 0 Å². The van der Waals surface area contributed by atoms with Gasteiger partial charge >= 0.3 is 0 Å².